The molecule has 2 aromatic rings. The third-order valence-corrected chi connectivity index (χ3v) is 7.68. The highest BCUT2D eigenvalue weighted by Crippen LogP contribution is 2.40. The van der Waals surface area contributed by atoms with Crippen LogP contribution in [0.3, 0.4) is 0 Å². The van der Waals surface area contributed by atoms with E-state index in [9.17, 15) is 19.2 Å². The van der Waals surface area contributed by atoms with Gasteiger partial charge in [-0.15, -0.1) is 0 Å². The van der Waals surface area contributed by atoms with Gasteiger partial charge in [0.05, 0.1) is 11.1 Å². The molecule has 8 nitrogen and oxygen atoms in total. The van der Waals surface area contributed by atoms with Gasteiger partial charge in [-0.25, -0.2) is 0 Å². The standard InChI is InChI=1S/C26H34N4O4S2/c1-15(2)13-19(23(27)31)29-25(33)17-9-5-7-11-21(17)35-36-22-12-8-6-10-18(22)26(34)30-20(24(28)32)14-16(3)4/h5-12,15-16,19-20H,13-14H2,1-4H3,(H2,27,31)(H2,28,32)(H,29,33)(H,30,34)/t19-,20-/m0/s1. The summed E-state index contributed by atoms with van der Waals surface area (Å²) in [5.41, 5.74) is 11.8. The van der Waals surface area contributed by atoms with Gasteiger partial charge < -0.3 is 22.1 Å². The number of benzene rings is 2. The number of carbonyl (C=O) groups excluding carboxylic acids is 4. The van der Waals surface area contributed by atoms with Crippen LogP contribution in [0.4, 0.5) is 0 Å². The van der Waals surface area contributed by atoms with Crippen molar-refractivity contribution in [3.05, 3.63) is 59.7 Å². The van der Waals surface area contributed by atoms with E-state index >= 15 is 0 Å². The topological polar surface area (TPSA) is 144 Å². The molecule has 0 unspecified atom stereocenters. The van der Waals surface area contributed by atoms with Gasteiger partial charge in [-0.3, -0.25) is 19.2 Å². The summed E-state index contributed by atoms with van der Waals surface area (Å²) in [6.07, 6.45) is 0.882. The molecule has 6 N–H and O–H groups in total. The predicted molar refractivity (Wildman–Crippen MR) is 144 cm³/mol. The molecule has 36 heavy (non-hydrogen) atoms. The SMILES string of the molecule is CC(C)C[C@H](NC(=O)c1ccccc1SSc1ccccc1C(=O)N[C@@H](CC(C)C)C(N)=O)C(N)=O. The lowest BCUT2D eigenvalue weighted by atomic mass is 10.0. The van der Waals surface area contributed by atoms with E-state index in [0.717, 1.165) is 0 Å². The van der Waals surface area contributed by atoms with Crippen molar-refractivity contribution in [1.82, 2.24) is 10.6 Å². The van der Waals surface area contributed by atoms with Crippen LogP contribution in [0.2, 0.25) is 0 Å². The Labute approximate surface area is 220 Å². The third kappa shape index (κ3) is 8.91. The first-order valence-corrected chi connectivity index (χ1v) is 13.9. The van der Waals surface area contributed by atoms with Gasteiger partial charge in [-0.2, -0.15) is 0 Å². The van der Waals surface area contributed by atoms with Crippen molar-refractivity contribution in [2.75, 3.05) is 0 Å². The summed E-state index contributed by atoms with van der Waals surface area (Å²) >= 11 is 0. The van der Waals surface area contributed by atoms with Crippen LogP contribution in [-0.2, 0) is 9.59 Å². The normalized spacial score (nSPS) is 12.7. The lowest BCUT2D eigenvalue weighted by molar-refractivity contribution is -0.120. The quantitative estimate of drug-likeness (QED) is 0.290. The zero-order valence-corrected chi connectivity index (χ0v) is 22.6. The number of hydrogen-bond donors (Lipinski definition) is 4. The van der Waals surface area contributed by atoms with E-state index in [0.29, 0.717) is 33.8 Å². The molecule has 0 spiro atoms. The van der Waals surface area contributed by atoms with E-state index < -0.39 is 35.7 Å². The van der Waals surface area contributed by atoms with Crippen molar-refractivity contribution < 1.29 is 19.2 Å². The van der Waals surface area contributed by atoms with E-state index in [1.54, 1.807) is 48.5 Å². The first-order chi connectivity index (χ1) is 17.0. The highest BCUT2D eigenvalue weighted by atomic mass is 33.1. The molecule has 194 valence electrons. The Kier molecular flexibility index (Phi) is 11.3. The van der Waals surface area contributed by atoms with E-state index in [1.165, 1.54) is 21.6 Å². The van der Waals surface area contributed by atoms with E-state index in [4.69, 9.17) is 11.5 Å². The Morgan fingerprint density at radius 1 is 0.667 bits per heavy atom. The molecule has 0 radical (unpaired) electrons. The molecule has 0 aliphatic carbocycles. The second-order valence-corrected chi connectivity index (χ2v) is 11.5. The van der Waals surface area contributed by atoms with Crippen LogP contribution in [0.25, 0.3) is 0 Å². The second kappa shape index (κ2) is 13.9. The van der Waals surface area contributed by atoms with Gasteiger partial charge >= 0.3 is 0 Å². The predicted octanol–water partition coefficient (Wildman–Crippen LogP) is 3.75. The number of carbonyl (C=O) groups is 4. The van der Waals surface area contributed by atoms with Crippen molar-refractivity contribution in [1.29, 1.82) is 0 Å². The maximum Gasteiger partial charge on any atom is 0.253 e. The fourth-order valence-electron chi connectivity index (χ4n) is 3.45. The molecule has 4 amide bonds. The van der Waals surface area contributed by atoms with Crippen LogP contribution < -0.4 is 22.1 Å². The van der Waals surface area contributed by atoms with Gasteiger partial charge in [-0.05, 0) is 48.9 Å². The van der Waals surface area contributed by atoms with Crippen molar-refractivity contribution in [2.45, 2.75) is 62.4 Å². The number of nitrogens with one attached hydrogen (secondary N) is 2. The Balaban J connectivity index is 2.19. The van der Waals surface area contributed by atoms with Crippen molar-refractivity contribution >= 4 is 45.2 Å². The zero-order chi connectivity index (χ0) is 26.8. The van der Waals surface area contributed by atoms with Gasteiger partial charge in [0.15, 0.2) is 0 Å². The fourth-order valence-corrected chi connectivity index (χ4v) is 5.81. The molecular formula is C26H34N4O4S2. The molecule has 0 fully saturated rings. The molecular weight excluding hydrogens is 496 g/mol. The number of nitrogens with two attached hydrogens (primary N) is 2. The Morgan fingerprint density at radius 3 is 1.31 bits per heavy atom. The maximum absolute atomic E-state index is 13.0. The highest BCUT2D eigenvalue weighted by Gasteiger charge is 2.23. The summed E-state index contributed by atoms with van der Waals surface area (Å²) in [5.74, 6) is -1.59. The van der Waals surface area contributed by atoms with Crippen LogP contribution in [0.5, 0.6) is 0 Å². The Hall–Kier alpha value is -2.98. The first kappa shape index (κ1) is 29.3. The molecule has 0 heterocycles. The summed E-state index contributed by atoms with van der Waals surface area (Å²) < 4.78 is 0. The smallest absolute Gasteiger partial charge is 0.253 e. The van der Waals surface area contributed by atoms with Crippen molar-refractivity contribution in [2.24, 2.45) is 23.3 Å². The summed E-state index contributed by atoms with van der Waals surface area (Å²) in [4.78, 5) is 50.9. The second-order valence-electron chi connectivity index (χ2n) is 9.27. The van der Waals surface area contributed by atoms with E-state index in [2.05, 4.69) is 10.6 Å². The van der Waals surface area contributed by atoms with Gasteiger partial charge in [0, 0.05) is 9.79 Å². The number of rotatable bonds is 13. The van der Waals surface area contributed by atoms with Crippen LogP contribution in [-0.4, -0.2) is 35.7 Å². The minimum atomic E-state index is -0.767. The van der Waals surface area contributed by atoms with Gasteiger partial charge in [0.1, 0.15) is 12.1 Å². The highest BCUT2D eigenvalue weighted by molar-refractivity contribution is 8.76. The number of hydrogen-bond acceptors (Lipinski definition) is 6. The third-order valence-electron chi connectivity index (χ3n) is 5.20. The molecule has 0 saturated carbocycles. The Bertz CT molecular complexity index is 1010. The van der Waals surface area contributed by atoms with Crippen LogP contribution in [0.15, 0.2) is 58.3 Å². The van der Waals surface area contributed by atoms with Gasteiger partial charge in [-0.1, -0.05) is 73.5 Å². The van der Waals surface area contributed by atoms with Crippen LogP contribution >= 0.6 is 21.6 Å². The first-order valence-electron chi connectivity index (χ1n) is 11.7. The maximum atomic E-state index is 13.0. The molecule has 0 saturated heterocycles. The largest absolute Gasteiger partial charge is 0.368 e. The van der Waals surface area contributed by atoms with Gasteiger partial charge in [0.2, 0.25) is 11.8 Å². The molecule has 10 heteroatoms. The molecule has 0 aromatic heterocycles. The molecule has 2 atom stereocenters. The van der Waals surface area contributed by atoms with E-state index in [-0.39, 0.29) is 11.8 Å². The van der Waals surface area contributed by atoms with Gasteiger partial charge in [0.25, 0.3) is 11.8 Å². The summed E-state index contributed by atoms with van der Waals surface area (Å²) in [7, 11) is 2.63. The van der Waals surface area contributed by atoms with Crippen LogP contribution in [0, 0.1) is 11.8 Å². The van der Waals surface area contributed by atoms with E-state index in [1.807, 2.05) is 27.7 Å². The minimum absolute atomic E-state index is 0.181. The number of primary amides is 2. The zero-order valence-electron chi connectivity index (χ0n) is 20.9. The molecule has 2 rings (SSSR count). The average Bonchev–Trinajstić information content (AvgIpc) is 2.81. The molecule has 0 aliphatic heterocycles. The summed E-state index contributed by atoms with van der Waals surface area (Å²) in [5, 5.41) is 5.47. The summed E-state index contributed by atoms with van der Waals surface area (Å²) in [6.45, 7) is 7.80. The lowest BCUT2D eigenvalue weighted by Gasteiger charge is -2.19. The fraction of sp³-hybridized carbons (Fsp3) is 0.385. The average molecular weight is 531 g/mol. The lowest BCUT2D eigenvalue weighted by Crippen LogP contribution is -2.45. The van der Waals surface area contributed by atoms with Crippen molar-refractivity contribution in [3.8, 4) is 0 Å². The Morgan fingerprint density at radius 2 is 1.00 bits per heavy atom. The minimum Gasteiger partial charge on any atom is -0.368 e. The molecule has 0 aliphatic rings. The molecule has 2 aromatic carbocycles. The number of amides is 4. The monoisotopic (exact) mass is 530 g/mol. The summed E-state index contributed by atoms with van der Waals surface area (Å²) in [6, 6.07) is 12.5. The van der Waals surface area contributed by atoms with Crippen molar-refractivity contribution in [3.63, 3.8) is 0 Å². The van der Waals surface area contributed by atoms with Crippen LogP contribution in [0.1, 0.15) is 61.3 Å². The molecule has 0 bridgehead atoms.